The molecule has 6 heteroatoms. The Labute approximate surface area is 151 Å². The monoisotopic (exact) mass is 348 g/mol. The largest absolute Gasteiger partial charge is 0.455 e. The molecule has 1 aliphatic rings. The number of H-pyrrole nitrogens is 1. The number of carbonyl (C=O) groups is 1. The molecule has 132 valence electrons. The Morgan fingerprint density at radius 3 is 2.81 bits per heavy atom. The quantitative estimate of drug-likeness (QED) is 0.760. The lowest BCUT2D eigenvalue weighted by Gasteiger charge is -2.30. The number of rotatable bonds is 4. The molecule has 1 atom stereocenters. The van der Waals surface area contributed by atoms with Crippen LogP contribution in [0.3, 0.4) is 0 Å². The molecule has 0 fully saturated rings. The van der Waals surface area contributed by atoms with Crippen molar-refractivity contribution in [1.29, 1.82) is 0 Å². The molecule has 2 heterocycles. The van der Waals surface area contributed by atoms with Gasteiger partial charge in [-0.1, -0.05) is 30.3 Å². The first-order valence-corrected chi connectivity index (χ1v) is 8.55. The van der Waals surface area contributed by atoms with Crippen molar-refractivity contribution < 1.29 is 9.53 Å². The predicted molar refractivity (Wildman–Crippen MR) is 99.1 cm³/mol. The Balaban J connectivity index is 1.51. The zero-order valence-corrected chi connectivity index (χ0v) is 14.5. The molecular formula is C20H20N4O2. The molecule has 1 aromatic heterocycles. The summed E-state index contributed by atoms with van der Waals surface area (Å²) in [6, 6.07) is 16.7. The van der Waals surface area contributed by atoms with E-state index in [0.717, 1.165) is 17.1 Å². The highest BCUT2D eigenvalue weighted by molar-refractivity contribution is 5.96. The summed E-state index contributed by atoms with van der Waals surface area (Å²) in [6.45, 7) is 0.676. The van der Waals surface area contributed by atoms with E-state index in [9.17, 15) is 4.79 Å². The molecule has 2 N–H and O–H groups in total. The Morgan fingerprint density at radius 2 is 1.96 bits per heavy atom. The van der Waals surface area contributed by atoms with Gasteiger partial charge in [0.25, 0.3) is 0 Å². The van der Waals surface area contributed by atoms with Crippen LogP contribution in [-0.2, 0) is 17.8 Å². The number of para-hydroxylation sites is 3. The van der Waals surface area contributed by atoms with Gasteiger partial charge in [-0.05, 0) is 31.3 Å². The van der Waals surface area contributed by atoms with Gasteiger partial charge in [0, 0.05) is 13.0 Å². The number of benzene rings is 2. The number of nitrogens with zero attached hydrogens (tertiary/aromatic N) is 2. The van der Waals surface area contributed by atoms with Crippen LogP contribution in [0.15, 0.2) is 60.9 Å². The van der Waals surface area contributed by atoms with Crippen molar-refractivity contribution in [2.75, 3.05) is 12.4 Å². The molecule has 1 aliphatic heterocycles. The molecule has 6 nitrogen and oxygen atoms in total. The average molecular weight is 348 g/mol. The number of carbonyl (C=O) groups excluding carboxylic acids is 1. The fourth-order valence-corrected chi connectivity index (χ4v) is 3.14. The first-order chi connectivity index (χ1) is 12.7. The lowest BCUT2D eigenvalue weighted by atomic mass is 10.0. The zero-order chi connectivity index (χ0) is 17.9. The molecule has 0 saturated heterocycles. The molecule has 0 bridgehead atoms. The summed E-state index contributed by atoms with van der Waals surface area (Å²) in [4.78, 5) is 22.3. The van der Waals surface area contributed by atoms with Crippen LogP contribution in [0, 0.1) is 0 Å². The number of ether oxygens (including phenoxy) is 1. The van der Waals surface area contributed by atoms with Crippen LogP contribution >= 0.6 is 0 Å². The minimum atomic E-state index is -0.268. The number of anilines is 1. The number of amides is 1. The number of hydrogen-bond donors (Lipinski definition) is 2. The standard InChI is InChI=1S/C20H20N4O2/c1-24-12-17-16(21-13-22-17)11-18(24)20(25)23-15-9-5-6-10-19(15)26-14-7-3-2-4-8-14/h2-10,13,18H,11-12H2,1H3,(H,21,22)(H,23,25). The van der Waals surface area contributed by atoms with Gasteiger partial charge in [-0.15, -0.1) is 0 Å². The van der Waals surface area contributed by atoms with Crippen molar-refractivity contribution in [3.63, 3.8) is 0 Å². The maximum absolute atomic E-state index is 12.9. The summed E-state index contributed by atoms with van der Waals surface area (Å²) in [5.41, 5.74) is 2.68. The Hall–Kier alpha value is -3.12. The topological polar surface area (TPSA) is 70.2 Å². The van der Waals surface area contributed by atoms with Crippen LogP contribution in [0.25, 0.3) is 0 Å². The van der Waals surface area contributed by atoms with Crippen LogP contribution in [-0.4, -0.2) is 33.9 Å². The molecule has 26 heavy (non-hydrogen) atoms. The Bertz CT molecular complexity index is 907. The summed E-state index contributed by atoms with van der Waals surface area (Å²) in [7, 11) is 1.94. The normalized spacial score (nSPS) is 16.7. The second-order valence-electron chi connectivity index (χ2n) is 6.36. The number of hydrogen-bond acceptors (Lipinski definition) is 4. The van der Waals surface area contributed by atoms with Crippen LogP contribution in [0.2, 0.25) is 0 Å². The highest BCUT2D eigenvalue weighted by atomic mass is 16.5. The molecule has 3 aromatic rings. The van der Waals surface area contributed by atoms with E-state index < -0.39 is 0 Å². The maximum Gasteiger partial charge on any atom is 0.242 e. The van der Waals surface area contributed by atoms with E-state index in [4.69, 9.17) is 4.74 Å². The minimum absolute atomic E-state index is 0.0646. The number of likely N-dealkylation sites (N-methyl/N-ethyl adjacent to an activating group) is 1. The predicted octanol–water partition coefficient (Wildman–Crippen LogP) is 3.20. The number of fused-ring (bicyclic) bond motifs is 1. The highest BCUT2D eigenvalue weighted by Gasteiger charge is 2.31. The molecule has 0 spiro atoms. The van der Waals surface area contributed by atoms with E-state index in [2.05, 4.69) is 15.3 Å². The third-order valence-electron chi connectivity index (χ3n) is 4.55. The van der Waals surface area contributed by atoms with Gasteiger partial charge in [0.2, 0.25) is 5.91 Å². The number of imidazole rings is 1. The highest BCUT2D eigenvalue weighted by Crippen LogP contribution is 2.30. The molecule has 1 amide bonds. The van der Waals surface area contributed by atoms with Gasteiger partial charge in [-0.25, -0.2) is 4.98 Å². The first kappa shape index (κ1) is 16.4. The van der Waals surface area contributed by atoms with Gasteiger partial charge in [0.15, 0.2) is 5.75 Å². The van der Waals surface area contributed by atoms with Crippen LogP contribution in [0.4, 0.5) is 5.69 Å². The van der Waals surface area contributed by atoms with Crippen molar-refractivity contribution in [3.8, 4) is 11.5 Å². The summed E-state index contributed by atoms with van der Waals surface area (Å²) in [5, 5.41) is 3.01. The fourth-order valence-electron chi connectivity index (χ4n) is 3.14. The smallest absolute Gasteiger partial charge is 0.242 e. The van der Waals surface area contributed by atoms with E-state index >= 15 is 0 Å². The number of nitrogens with one attached hydrogen (secondary N) is 2. The maximum atomic E-state index is 12.9. The summed E-state index contributed by atoms with van der Waals surface area (Å²) >= 11 is 0. The lowest BCUT2D eigenvalue weighted by molar-refractivity contribution is -0.121. The first-order valence-electron chi connectivity index (χ1n) is 8.55. The zero-order valence-electron chi connectivity index (χ0n) is 14.5. The van der Waals surface area contributed by atoms with Gasteiger partial charge in [-0.3, -0.25) is 9.69 Å². The molecule has 0 radical (unpaired) electrons. The van der Waals surface area contributed by atoms with Gasteiger partial charge >= 0.3 is 0 Å². The number of aromatic nitrogens is 2. The van der Waals surface area contributed by atoms with Gasteiger partial charge in [-0.2, -0.15) is 0 Å². The van der Waals surface area contributed by atoms with Gasteiger partial charge in [0.1, 0.15) is 5.75 Å². The van der Waals surface area contributed by atoms with E-state index in [1.54, 1.807) is 6.33 Å². The van der Waals surface area contributed by atoms with Crippen LogP contribution in [0.1, 0.15) is 11.4 Å². The van der Waals surface area contributed by atoms with Gasteiger partial charge in [0.05, 0.1) is 29.4 Å². The number of aromatic amines is 1. The molecule has 2 aromatic carbocycles. The third-order valence-corrected chi connectivity index (χ3v) is 4.55. The molecule has 4 rings (SSSR count). The third kappa shape index (κ3) is 3.32. The van der Waals surface area contributed by atoms with Crippen molar-refractivity contribution in [2.45, 2.75) is 19.0 Å². The summed E-state index contributed by atoms with van der Waals surface area (Å²) < 4.78 is 5.92. The second-order valence-corrected chi connectivity index (χ2v) is 6.36. The van der Waals surface area contributed by atoms with Crippen molar-refractivity contribution >= 4 is 11.6 Å². The molecule has 1 unspecified atom stereocenters. The van der Waals surface area contributed by atoms with E-state index in [0.29, 0.717) is 24.4 Å². The SMILES string of the molecule is CN1Cc2[nH]cnc2CC1C(=O)Nc1ccccc1Oc1ccccc1. The van der Waals surface area contributed by atoms with Crippen LogP contribution < -0.4 is 10.1 Å². The molecule has 0 saturated carbocycles. The second kappa shape index (κ2) is 7.01. The Morgan fingerprint density at radius 1 is 1.19 bits per heavy atom. The van der Waals surface area contributed by atoms with E-state index in [1.807, 2.05) is 66.5 Å². The van der Waals surface area contributed by atoms with Gasteiger partial charge < -0.3 is 15.0 Å². The Kier molecular flexibility index (Phi) is 4.41. The van der Waals surface area contributed by atoms with E-state index in [1.165, 1.54) is 0 Å². The van der Waals surface area contributed by atoms with Crippen LogP contribution in [0.5, 0.6) is 11.5 Å². The molecular weight excluding hydrogens is 328 g/mol. The van der Waals surface area contributed by atoms with Crippen molar-refractivity contribution in [2.24, 2.45) is 0 Å². The van der Waals surface area contributed by atoms with Crippen molar-refractivity contribution in [1.82, 2.24) is 14.9 Å². The van der Waals surface area contributed by atoms with Crippen molar-refractivity contribution in [3.05, 3.63) is 72.3 Å². The summed E-state index contributed by atoms with van der Waals surface area (Å²) in [6.07, 6.45) is 2.27. The van der Waals surface area contributed by atoms with E-state index in [-0.39, 0.29) is 11.9 Å². The molecule has 0 aliphatic carbocycles. The minimum Gasteiger partial charge on any atom is -0.455 e. The average Bonchev–Trinajstić information content (AvgIpc) is 3.10. The summed E-state index contributed by atoms with van der Waals surface area (Å²) in [5.74, 6) is 1.28. The lowest BCUT2D eigenvalue weighted by Crippen LogP contribution is -2.45. The fraction of sp³-hybridized carbons (Fsp3) is 0.200.